The largest absolute Gasteiger partial charge is 0.481 e. The number of hydrogen-bond acceptors (Lipinski definition) is 3. The summed E-state index contributed by atoms with van der Waals surface area (Å²) >= 11 is 0. The van der Waals surface area contributed by atoms with Crippen LogP contribution in [0.25, 0.3) is 6.08 Å². The van der Waals surface area contributed by atoms with Crippen LogP contribution >= 0.6 is 0 Å². The standard InChI is InChI=1S/C14H12O4/c1-8(14(17)18)6-9-2-4-11-10(7-9)3-5-12(15)13(11)16/h2-5,7-8H,6H2,1H3,(H,17,18). The Balaban J connectivity index is 2.30. The average Bonchev–Trinajstić information content (AvgIpc) is 2.34. The lowest BCUT2D eigenvalue weighted by Crippen LogP contribution is -2.17. The van der Waals surface area contributed by atoms with Crippen molar-refractivity contribution in [2.24, 2.45) is 5.92 Å². The van der Waals surface area contributed by atoms with E-state index in [2.05, 4.69) is 0 Å². The normalized spacial score (nSPS) is 15.4. The first-order valence-corrected chi connectivity index (χ1v) is 5.61. The first-order valence-electron chi connectivity index (χ1n) is 5.61. The Morgan fingerprint density at radius 2 is 2.00 bits per heavy atom. The number of benzene rings is 1. The minimum absolute atomic E-state index is 0.384. The van der Waals surface area contributed by atoms with Crippen molar-refractivity contribution < 1.29 is 19.5 Å². The number of carbonyl (C=O) groups excluding carboxylic acids is 2. The summed E-state index contributed by atoms with van der Waals surface area (Å²) in [7, 11) is 0. The highest BCUT2D eigenvalue weighted by atomic mass is 16.4. The van der Waals surface area contributed by atoms with Crippen LogP contribution in [0.15, 0.2) is 24.3 Å². The van der Waals surface area contributed by atoms with Crippen LogP contribution in [-0.4, -0.2) is 22.6 Å². The molecular weight excluding hydrogens is 232 g/mol. The molecule has 1 aliphatic carbocycles. The summed E-state index contributed by atoms with van der Waals surface area (Å²) in [5, 5.41) is 8.85. The van der Waals surface area contributed by atoms with Gasteiger partial charge in [-0.3, -0.25) is 14.4 Å². The van der Waals surface area contributed by atoms with Gasteiger partial charge >= 0.3 is 5.97 Å². The molecule has 2 rings (SSSR count). The van der Waals surface area contributed by atoms with Crippen LogP contribution in [0.2, 0.25) is 0 Å². The van der Waals surface area contributed by atoms with Gasteiger partial charge in [-0.1, -0.05) is 31.2 Å². The number of carboxylic acids is 1. The van der Waals surface area contributed by atoms with E-state index in [4.69, 9.17) is 5.11 Å². The number of hydrogen-bond donors (Lipinski definition) is 1. The number of Topliss-reactive ketones (excluding diaryl/α,β-unsaturated/α-hetero) is 1. The Labute approximate surface area is 104 Å². The quantitative estimate of drug-likeness (QED) is 0.822. The van der Waals surface area contributed by atoms with E-state index < -0.39 is 23.5 Å². The number of fused-ring (bicyclic) bond motifs is 1. The van der Waals surface area contributed by atoms with Gasteiger partial charge in [0.2, 0.25) is 11.6 Å². The van der Waals surface area contributed by atoms with Crippen molar-refractivity contribution in [3.8, 4) is 0 Å². The second kappa shape index (κ2) is 4.56. The lowest BCUT2D eigenvalue weighted by atomic mass is 9.91. The fourth-order valence-electron chi connectivity index (χ4n) is 1.90. The highest BCUT2D eigenvalue weighted by molar-refractivity contribution is 6.49. The van der Waals surface area contributed by atoms with E-state index in [0.717, 1.165) is 5.56 Å². The van der Waals surface area contributed by atoms with Crippen LogP contribution in [0.3, 0.4) is 0 Å². The van der Waals surface area contributed by atoms with Gasteiger partial charge in [0.15, 0.2) is 0 Å². The van der Waals surface area contributed by atoms with Gasteiger partial charge in [-0.05, 0) is 23.6 Å². The highest BCUT2D eigenvalue weighted by Gasteiger charge is 2.21. The molecule has 0 amide bonds. The van der Waals surface area contributed by atoms with Gasteiger partial charge < -0.3 is 5.11 Å². The molecule has 0 bridgehead atoms. The van der Waals surface area contributed by atoms with Gasteiger partial charge in [-0.2, -0.15) is 0 Å². The molecule has 0 spiro atoms. The molecule has 0 fully saturated rings. The molecule has 1 atom stereocenters. The molecule has 92 valence electrons. The zero-order valence-electron chi connectivity index (χ0n) is 9.84. The van der Waals surface area contributed by atoms with E-state index in [-0.39, 0.29) is 0 Å². The van der Waals surface area contributed by atoms with E-state index in [9.17, 15) is 14.4 Å². The average molecular weight is 244 g/mol. The number of rotatable bonds is 3. The minimum atomic E-state index is -0.852. The molecule has 4 nitrogen and oxygen atoms in total. The summed E-state index contributed by atoms with van der Waals surface area (Å²) in [4.78, 5) is 33.5. The zero-order chi connectivity index (χ0) is 13.3. The summed E-state index contributed by atoms with van der Waals surface area (Å²) in [6.45, 7) is 1.63. The third-order valence-electron chi connectivity index (χ3n) is 2.96. The fraction of sp³-hybridized carbons (Fsp3) is 0.214. The second-order valence-electron chi connectivity index (χ2n) is 4.39. The van der Waals surface area contributed by atoms with Crippen LogP contribution in [-0.2, 0) is 16.0 Å². The topological polar surface area (TPSA) is 71.4 Å². The van der Waals surface area contributed by atoms with E-state index >= 15 is 0 Å². The van der Waals surface area contributed by atoms with Crippen molar-refractivity contribution in [1.29, 1.82) is 0 Å². The molecule has 1 aliphatic rings. The van der Waals surface area contributed by atoms with E-state index in [1.807, 2.05) is 0 Å². The maximum absolute atomic E-state index is 11.6. The Kier molecular flexibility index (Phi) is 3.10. The van der Waals surface area contributed by atoms with Crippen molar-refractivity contribution in [1.82, 2.24) is 0 Å². The summed E-state index contributed by atoms with van der Waals surface area (Å²) in [5.41, 5.74) is 1.90. The van der Waals surface area contributed by atoms with E-state index in [1.54, 1.807) is 31.2 Å². The molecule has 1 unspecified atom stereocenters. The summed E-state index contributed by atoms with van der Waals surface area (Å²) < 4.78 is 0. The SMILES string of the molecule is CC(Cc1ccc2c(c1)C=CC(=O)C2=O)C(=O)O. The Bertz CT molecular complexity index is 569. The van der Waals surface area contributed by atoms with Gasteiger partial charge in [0.05, 0.1) is 5.92 Å². The first-order chi connectivity index (χ1) is 8.49. The molecule has 0 heterocycles. The van der Waals surface area contributed by atoms with Crippen molar-refractivity contribution >= 4 is 23.6 Å². The van der Waals surface area contributed by atoms with Crippen molar-refractivity contribution in [2.45, 2.75) is 13.3 Å². The lowest BCUT2D eigenvalue weighted by Gasteiger charge is -2.11. The third kappa shape index (κ3) is 2.22. The third-order valence-corrected chi connectivity index (χ3v) is 2.96. The Hall–Kier alpha value is -2.23. The highest BCUT2D eigenvalue weighted by Crippen LogP contribution is 2.20. The maximum Gasteiger partial charge on any atom is 0.306 e. The van der Waals surface area contributed by atoms with Crippen molar-refractivity contribution in [3.05, 3.63) is 41.0 Å². The number of ketones is 2. The molecular formula is C14H12O4. The number of carbonyl (C=O) groups is 3. The molecule has 1 N–H and O–H groups in total. The van der Waals surface area contributed by atoms with Crippen molar-refractivity contribution in [2.75, 3.05) is 0 Å². The van der Waals surface area contributed by atoms with Crippen molar-refractivity contribution in [3.63, 3.8) is 0 Å². The minimum Gasteiger partial charge on any atom is -0.481 e. The monoisotopic (exact) mass is 244 g/mol. The van der Waals surface area contributed by atoms with Crippen LogP contribution in [0.5, 0.6) is 0 Å². The summed E-state index contributed by atoms with van der Waals surface area (Å²) in [6.07, 6.45) is 3.24. The van der Waals surface area contributed by atoms with Crippen LogP contribution < -0.4 is 0 Å². The molecule has 18 heavy (non-hydrogen) atoms. The summed E-state index contributed by atoms with van der Waals surface area (Å²) in [6, 6.07) is 5.04. The molecule has 0 aromatic heterocycles. The van der Waals surface area contributed by atoms with Gasteiger partial charge in [0.25, 0.3) is 0 Å². The molecule has 0 saturated heterocycles. The molecule has 1 aromatic carbocycles. The summed E-state index contributed by atoms with van der Waals surface area (Å²) in [5.74, 6) is -2.36. The molecule has 0 aliphatic heterocycles. The predicted octanol–water partition coefficient (Wildman–Crippen LogP) is 1.73. The van der Waals surface area contributed by atoms with E-state index in [0.29, 0.717) is 17.5 Å². The Morgan fingerprint density at radius 1 is 1.28 bits per heavy atom. The van der Waals surface area contributed by atoms with Crippen LogP contribution in [0, 0.1) is 5.92 Å². The molecule has 1 aromatic rings. The Morgan fingerprint density at radius 3 is 2.67 bits per heavy atom. The van der Waals surface area contributed by atoms with Crippen LogP contribution in [0.4, 0.5) is 0 Å². The molecule has 4 heteroatoms. The second-order valence-corrected chi connectivity index (χ2v) is 4.39. The molecule has 0 radical (unpaired) electrons. The lowest BCUT2D eigenvalue weighted by molar-refractivity contribution is -0.141. The van der Waals surface area contributed by atoms with Gasteiger partial charge in [-0.15, -0.1) is 0 Å². The number of aliphatic carboxylic acids is 1. The fourth-order valence-corrected chi connectivity index (χ4v) is 1.90. The number of carboxylic acid groups (broad SMARTS) is 1. The van der Waals surface area contributed by atoms with Gasteiger partial charge in [0, 0.05) is 5.56 Å². The maximum atomic E-state index is 11.6. The zero-order valence-corrected chi connectivity index (χ0v) is 9.84. The first kappa shape index (κ1) is 12.2. The van der Waals surface area contributed by atoms with Gasteiger partial charge in [-0.25, -0.2) is 0 Å². The van der Waals surface area contributed by atoms with E-state index in [1.165, 1.54) is 6.08 Å². The van der Waals surface area contributed by atoms with Crippen LogP contribution in [0.1, 0.15) is 28.4 Å². The number of allylic oxidation sites excluding steroid dienone is 1. The van der Waals surface area contributed by atoms with Gasteiger partial charge in [0.1, 0.15) is 0 Å². The smallest absolute Gasteiger partial charge is 0.306 e. The molecule has 0 saturated carbocycles. The predicted molar refractivity (Wildman–Crippen MR) is 65.3 cm³/mol.